The summed E-state index contributed by atoms with van der Waals surface area (Å²) in [5, 5.41) is 14.9. The van der Waals surface area contributed by atoms with Crippen molar-refractivity contribution in [3.63, 3.8) is 0 Å². The van der Waals surface area contributed by atoms with Crippen LogP contribution in [0.4, 0.5) is 11.4 Å². The Morgan fingerprint density at radius 3 is 2.63 bits per heavy atom. The van der Waals surface area contributed by atoms with Gasteiger partial charge in [0.15, 0.2) is 0 Å². The van der Waals surface area contributed by atoms with Crippen LogP contribution in [0.1, 0.15) is 33.1 Å². The standard InChI is InChI=1S/C15H24N2O2/c1-12(2)15(19)17-14-8-6-7-13(11-14)16-9-4-3-5-10-18/h6-8,11-12,16,18H,3-5,9-10H2,1-2H3,(H,17,19). The van der Waals surface area contributed by atoms with E-state index >= 15 is 0 Å². The van der Waals surface area contributed by atoms with Crippen molar-refractivity contribution in [1.82, 2.24) is 0 Å². The molecule has 0 aliphatic rings. The molecule has 0 saturated heterocycles. The summed E-state index contributed by atoms with van der Waals surface area (Å²) >= 11 is 0. The van der Waals surface area contributed by atoms with Crippen LogP contribution in [0, 0.1) is 5.92 Å². The summed E-state index contributed by atoms with van der Waals surface area (Å²) in [6.07, 6.45) is 2.91. The molecule has 3 N–H and O–H groups in total. The minimum Gasteiger partial charge on any atom is -0.396 e. The number of hydrogen-bond donors (Lipinski definition) is 3. The zero-order valence-corrected chi connectivity index (χ0v) is 11.8. The van der Waals surface area contributed by atoms with E-state index in [1.807, 2.05) is 38.1 Å². The number of hydrogen-bond acceptors (Lipinski definition) is 3. The van der Waals surface area contributed by atoms with Crippen LogP contribution in [0.15, 0.2) is 24.3 Å². The van der Waals surface area contributed by atoms with Gasteiger partial charge in [-0.25, -0.2) is 0 Å². The van der Waals surface area contributed by atoms with Crippen LogP contribution in [0.3, 0.4) is 0 Å². The zero-order chi connectivity index (χ0) is 14.1. The van der Waals surface area contributed by atoms with Gasteiger partial charge in [0.05, 0.1) is 0 Å². The van der Waals surface area contributed by atoms with Crippen LogP contribution in [-0.2, 0) is 4.79 Å². The monoisotopic (exact) mass is 264 g/mol. The topological polar surface area (TPSA) is 61.4 Å². The van der Waals surface area contributed by atoms with Gasteiger partial charge < -0.3 is 15.7 Å². The highest BCUT2D eigenvalue weighted by atomic mass is 16.2. The Hall–Kier alpha value is -1.55. The van der Waals surface area contributed by atoms with Crippen molar-refractivity contribution < 1.29 is 9.90 Å². The third kappa shape index (κ3) is 6.25. The second-order valence-corrected chi connectivity index (χ2v) is 4.94. The maximum atomic E-state index is 11.6. The van der Waals surface area contributed by atoms with Crippen molar-refractivity contribution in [3.8, 4) is 0 Å². The highest BCUT2D eigenvalue weighted by Gasteiger charge is 2.06. The first-order chi connectivity index (χ1) is 9.13. The van der Waals surface area contributed by atoms with Crippen molar-refractivity contribution in [2.75, 3.05) is 23.8 Å². The Balaban J connectivity index is 2.41. The van der Waals surface area contributed by atoms with Gasteiger partial charge in [-0.1, -0.05) is 19.9 Å². The Kier molecular flexibility index (Phi) is 6.97. The van der Waals surface area contributed by atoms with Crippen molar-refractivity contribution in [3.05, 3.63) is 24.3 Å². The maximum absolute atomic E-state index is 11.6. The summed E-state index contributed by atoms with van der Waals surface area (Å²) in [5.41, 5.74) is 1.82. The SMILES string of the molecule is CC(C)C(=O)Nc1cccc(NCCCCCO)c1. The number of aliphatic hydroxyl groups is 1. The first kappa shape index (κ1) is 15.5. The Labute approximate surface area is 115 Å². The van der Waals surface area contributed by atoms with Gasteiger partial charge in [0.1, 0.15) is 0 Å². The lowest BCUT2D eigenvalue weighted by Crippen LogP contribution is -2.17. The van der Waals surface area contributed by atoms with E-state index in [1.54, 1.807) is 0 Å². The highest BCUT2D eigenvalue weighted by molar-refractivity contribution is 5.92. The average molecular weight is 264 g/mol. The number of aliphatic hydroxyl groups excluding tert-OH is 1. The Bertz CT molecular complexity index is 391. The molecule has 0 spiro atoms. The summed E-state index contributed by atoms with van der Waals surface area (Å²) in [5.74, 6) is 0.00944. The van der Waals surface area contributed by atoms with E-state index in [-0.39, 0.29) is 18.4 Å². The van der Waals surface area contributed by atoms with E-state index in [4.69, 9.17) is 5.11 Å². The first-order valence-corrected chi connectivity index (χ1v) is 6.89. The molecule has 0 atom stereocenters. The molecule has 1 aromatic carbocycles. The third-order valence-corrected chi connectivity index (χ3v) is 2.82. The quantitative estimate of drug-likeness (QED) is 0.633. The number of benzene rings is 1. The molecule has 0 aliphatic carbocycles. The summed E-state index contributed by atoms with van der Waals surface area (Å²) in [6.45, 7) is 4.88. The normalized spacial score (nSPS) is 10.5. The maximum Gasteiger partial charge on any atom is 0.226 e. The Morgan fingerprint density at radius 1 is 1.21 bits per heavy atom. The summed E-state index contributed by atoms with van der Waals surface area (Å²) in [4.78, 5) is 11.6. The number of amides is 1. The average Bonchev–Trinajstić information content (AvgIpc) is 2.39. The highest BCUT2D eigenvalue weighted by Crippen LogP contribution is 2.16. The molecule has 1 rings (SSSR count). The molecule has 4 heteroatoms. The number of unbranched alkanes of at least 4 members (excludes halogenated alkanes) is 2. The predicted molar refractivity (Wildman–Crippen MR) is 79.3 cm³/mol. The first-order valence-electron chi connectivity index (χ1n) is 6.89. The van der Waals surface area contributed by atoms with Gasteiger partial charge in [0, 0.05) is 30.4 Å². The number of rotatable bonds is 8. The second kappa shape index (κ2) is 8.53. The smallest absolute Gasteiger partial charge is 0.226 e. The molecule has 19 heavy (non-hydrogen) atoms. The molecule has 0 unspecified atom stereocenters. The van der Waals surface area contributed by atoms with E-state index in [9.17, 15) is 4.79 Å². The van der Waals surface area contributed by atoms with Gasteiger partial charge in [-0.2, -0.15) is 0 Å². The largest absolute Gasteiger partial charge is 0.396 e. The van der Waals surface area contributed by atoms with Crippen molar-refractivity contribution >= 4 is 17.3 Å². The van der Waals surface area contributed by atoms with Crippen LogP contribution in [0.2, 0.25) is 0 Å². The number of nitrogens with one attached hydrogen (secondary N) is 2. The number of anilines is 2. The van der Waals surface area contributed by atoms with E-state index in [0.29, 0.717) is 0 Å². The minimum atomic E-state index is -0.0184. The van der Waals surface area contributed by atoms with Crippen LogP contribution in [-0.4, -0.2) is 24.2 Å². The van der Waals surface area contributed by atoms with Crippen LogP contribution < -0.4 is 10.6 Å². The lowest BCUT2D eigenvalue weighted by Gasteiger charge is -2.10. The van der Waals surface area contributed by atoms with Gasteiger partial charge in [-0.05, 0) is 37.5 Å². The van der Waals surface area contributed by atoms with Crippen LogP contribution in [0.25, 0.3) is 0 Å². The van der Waals surface area contributed by atoms with Crippen LogP contribution in [0.5, 0.6) is 0 Å². The molecule has 0 aromatic heterocycles. The van der Waals surface area contributed by atoms with E-state index in [1.165, 1.54) is 0 Å². The fourth-order valence-electron chi connectivity index (χ4n) is 1.64. The molecular formula is C15H24N2O2. The van der Waals surface area contributed by atoms with E-state index in [2.05, 4.69) is 10.6 Å². The zero-order valence-electron chi connectivity index (χ0n) is 11.8. The molecule has 106 valence electrons. The molecule has 0 saturated carbocycles. The second-order valence-electron chi connectivity index (χ2n) is 4.94. The van der Waals surface area contributed by atoms with Crippen molar-refractivity contribution in [2.24, 2.45) is 5.92 Å². The molecule has 0 aliphatic heterocycles. The van der Waals surface area contributed by atoms with E-state index < -0.39 is 0 Å². The van der Waals surface area contributed by atoms with Crippen molar-refractivity contribution in [1.29, 1.82) is 0 Å². The number of carbonyl (C=O) groups excluding carboxylic acids is 1. The third-order valence-electron chi connectivity index (χ3n) is 2.82. The lowest BCUT2D eigenvalue weighted by molar-refractivity contribution is -0.118. The lowest BCUT2D eigenvalue weighted by atomic mass is 10.2. The summed E-state index contributed by atoms with van der Waals surface area (Å²) in [7, 11) is 0. The summed E-state index contributed by atoms with van der Waals surface area (Å²) < 4.78 is 0. The molecule has 0 heterocycles. The number of carbonyl (C=O) groups is 1. The Morgan fingerprint density at radius 2 is 1.95 bits per heavy atom. The van der Waals surface area contributed by atoms with Gasteiger partial charge >= 0.3 is 0 Å². The molecule has 1 amide bonds. The molecular weight excluding hydrogens is 240 g/mol. The van der Waals surface area contributed by atoms with Crippen LogP contribution >= 0.6 is 0 Å². The van der Waals surface area contributed by atoms with Gasteiger partial charge in [-0.3, -0.25) is 4.79 Å². The molecule has 0 fully saturated rings. The van der Waals surface area contributed by atoms with Gasteiger partial charge in [0.25, 0.3) is 0 Å². The van der Waals surface area contributed by atoms with E-state index in [0.717, 1.165) is 37.2 Å². The minimum absolute atomic E-state index is 0.0184. The molecule has 0 radical (unpaired) electrons. The van der Waals surface area contributed by atoms with Gasteiger partial charge in [0.2, 0.25) is 5.91 Å². The predicted octanol–water partition coefficient (Wildman–Crippen LogP) is 2.86. The molecule has 0 bridgehead atoms. The molecule has 1 aromatic rings. The van der Waals surface area contributed by atoms with Gasteiger partial charge in [-0.15, -0.1) is 0 Å². The summed E-state index contributed by atoms with van der Waals surface area (Å²) in [6, 6.07) is 7.73. The fourth-order valence-corrected chi connectivity index (χ4v) is 1.64. The fraction of sp³-hybridized carbons (Fsp3) is 0.533. The van der Waals surface area contributed by atoms with Crippen molar-refractivity contribution in [2.45, 2.75) is 33.1 Å². The molecule has 4 nitrogen and oxygen atoms in total.